The molecule has 2 aliphatic rings. The molecule has 5 N–H and O–H groups in total. The molecule has 4 rings (SSSR count). The number of carbonyl (C=O) groups excluding carboxylic acids is 3. The Morgan fingerprint density at radius 2 is 1.86 bits per heavy atom. The summed E-state index contributed by atoms with van der Waals surface area (Å²) in [7, 11) is 0. The third-order valence-corrected chi connectivity index (χ3v) is 7.25. The molecule has 4 atom stereocenters. The van der Waals surface area contributed by atoms with E-state index in [0.717, 1.165) is 35.9 Å². The number of aromatic amines is 1. The average molecular weight is 512 g/mol. The van der Waals surface area contributed by atoms with Gasteiger partial charge in [0.1, 0.15) is 18.1 Å². The lowest BCUT2D eigenvalue weighted by Gasteiger charge is -2.29. The Hall–Kier alpha value is -3.40. The molecule has 0 aliphatic carbocycles. The summed E-state index contributed by atoms with van der Waals surface area (Å²) in [6, 6.07) is 4.68. The first-order valence-corrected chi connectivity index (χ1v) is 13.2. The lowest BCUT2D eigenvalue weighted by atomic mass is 10.0. The predicted octanol–water partition coefficient (Wildman–Crippen LogP) is 1.55. The largest absolute Gasteiger partial charge is 0.480 e. The highest BCUT2D eigenvalue weighted by molar-refractivity contribution is 5.95. The van der Waals surface area contributed by atoms with Crippen molar-refractivity contribution in [3.8, 4) is 0 Å². The molecule has 3 heterocycles. The van der Waals surface area contributed by atoms with Crippen LogP contribution in [0.2, 0.25) is 0 Å². The van der Waals surface area contributed by atoms with E-state index in [-0.39, 0.29) is 36.6 Å². The van der Waals surface area contributed by atoms with Gasteiger partial charge in [-0.25, -0.2) is 4.79 Å². The fraction of sp³-hybridized carbons (Fsp3) is 0.556. The van der Waals surface area contributed by atoms with Gasteiger partial charge in [-0.1, -0.05) is 32.0 Å². The number of para-hydroxylation sites is 1. The highest BCUT2D eigenvalue weighted by Crippen LogP contribution is 2.23. The van der Waals surface area contributed by atoms with Gasteiger partial charge >= 0.3 is 5.97 Å². The zero-order valence-electron chi connectivity index (χ0n) is 21.5. The van der Waals surface area contributed by atoms with Crippen LogP contribution in [0.3, 0.4) is 0 Å². The van der Waals surface area contributed by atoms with E-state index in [2.05, 4.69) is 20.9 Å². The summed E-state index contributed by atoms with van der Waals surface area (Å²) in [5, 5.41) is 19.3. The number of H-pyrrole nitrogens is 1. The van der Waals surface area contributed by atoms with Crippen LogP contribution >= 0.6 is 0 Å². The molecule has 0 bridgehead atoms. The molecule has 0 spiro atoms. The van der Waals surface area contributed by atoms with Crippen molar-refractivity contribution in [3.63, 3.8) is 0 Å². The molecule has 10 nitrogen and oxygen atoms in total. The monoisotopic (exact) mass is 511 g/mol. The molecule has 37 heavy (non-hydrogen) atoms. The highest BCUT2D eigenvalue weighted by atomic mass is 16.4. The van der Waals surface area contributed by atoms with Crippen LogP contribution in [0.4, 0.5) is 0 Å². The number of aliphatic carboxylic acids is 1. The van der Waals surface area contributed by atoms with E-state index in [1.54, 1.807) is 11.1 Å². The number of likely N-dealkylation sites (tertiary alicyclic amines) is 1. The summed E-state index contributed by atoms with van der Waals surface area (Å²) in [5.41, 5.74) is 1.74. The molecule has 3 amide bonds. The van der Waals surface area contributed by atoms with Crippen molar-refractivity contribution in [3.05, 3.63) is 36.0 Å². The van der Waals surface area contributed by atoms with Crippen LogP contribution in [-0.4, -0.2) is 75.9 Å². The SMILES string of the molecule is CC(C)CC(NC(=O)C(Cc1c[nH]c2ccccc12)NC(=O)C1CCCN1C(=O)C1CCCN1)C(=O)O. The summed E-state index contributed by atoms with van der Waals surface area (Å²) in [6.07, 6.45) is 5.17. The van der Waals surface area contributed by atoms with Crippen LogP contribution in [0.1, 0.15) is 51.5 Å². The van der Waals surface area contributed by atoms with Gasteiger partial charge in [0.2, 0.25) is 17.7 Å². The molecule has 2 fully saturated rings. The van der Waals surface area contributed by atoms with E-state index >= 15 is 0 Å². The zero-order valence-corrected chi connectivity index (χ0v) is 21.5. The summed E-state index contributed by atoms with van der Waals surface area (Å²) >= 11 is 0. The van der Waals surface area contributed by atoms with E-state index in [1.807, 2.05) is 38.1 Å². The van der Waals surface area contributed by atoms with Gasteiger partial charge in [0.15, 0.2) is 0 Å². The Bertz CT molecular complexity index is 1140. The minimum Gasteiger partial charge on any atom is -0.480 e. The van der Waals surface area contributed by atoms with E-state index in [4.69, 9.17) is 0 Å². The molecular weight excluding hydrogens is 474 g/mol. The average Bonchev–Trinajstić information content (AvgIpc) is 3.63. The Morgan fingerprint density at radius 3 is 2.57 bits per heavy atom. The van der Waals surface area contributed by atoms with Gasteiger partial charge in [0.05, 0.1) is 6.04 Å². The van der Waals surface area contributed by atoms with Crippen molar-refractivity contribution in [1.29, 1.82) is 0 Å². The number of aromatic nitrogens is 1. The van der Waals surface area contributed by atoms with Gasteiger partial charge in [-0.05, 0) is 56.2 Å². The number of hydrogen-bond acceptors (Lipinski definition) is 5. The van der Waals surface area contributed by atoms with Gasteiger partial charge in [0, 0.05) is 30.1 Å². The minimum absolute atomic E-state index is 0.0605. The molecule has 1 aromatic heterocycles. The zero-order chi connectivity index (χ0) is 26.5. The van der Waals surface area contributed by atoms with Crippen molar-refractivity contribution in [2.75, 3.05) is 13.1 Å². The number of nitrogens with one attached hydrogen (secondary N) is 4. The lowest BCUT2D eigenvalue weighted by Crippen LogP contribution is -2.57. The lowest BCUT2D eigenvalue weighted by molar-refractivity contribution is -0.143. The normalized spacial score (nSPS) is 21.2. The molecule has 1 aromatic carbocycles. The van der Waals surface area contributed by atoms with Crippen LogP contribution in [-0.2, 0) is 25.6 Å². The number of hydrogen-bond donors (Lipinski definition) is 5. The van der Waals surface area contributed by atoms with Gasteiger partial charge in [-0.15, -0.1) is 0 Å². The van der Waals surface area contributed by atoms with E-state index < -0.39 is 30.0 Å². The minimum atomic E-state index is -1.11. The number of carboxylic acids is 1. The quantitative estimate of drug-likeness (QED) is 0.328. The van der Waals surface area contributed by atoms with Crippen molar-refractivity contribution in [2.24, 2.45) is 5.92 Å². The van der Waals surface area contributed by atoms with Crippen molar-refractivity contribution in [1.82, 2.24) is 25.8 Å². The van der Waals surface area contributed by atoms with Gasteiger partial charge in [0.25, 0.3) is 0 Å². The smallest absolute Gasteiger partial charge is 0.326 e. The number of carbonyl (C=O) groups is 4. The molecule has 2 aliphatic heterocycles. The van der Waals surface area contributed by atoms with E-state index in [9.17, 15) is 24.3 Å². The summed E-state index contributed by atoms with van der Waals surface area (Å²) < 4.78 is 0. The molecule has 200 valence electrons. The third kappa shape index (κ3) is 6.30. The Kier molecular flexibility index (Phi) is 8.48. The maximum Gasteiger partial charge on any atom is 0.326 e. The number of benzene rings is 1. The van der Waals surface area contributed by atoms with E-state index in [1.165, 1.54) is 0 Å². The van der Waals surface area contributed by atoms with Crippen LogP contribution in [0.15, 0.2) is 30.5 Å². The second-order valence-corrected chi connectivity index (χ2v) is 10.5. The van der Waals surface area contributed by atoms with Crippen LogP contribution in [0.5, 0.6) is 0 Å². The molecule has 0 radical (unpaired) electrons. The third-order valence-electron chi connectivity index (χ3n) is 7.25. The maximum atomic E-state index is 13.4. The first-order valence-electron chi connectivity index (χ1n) is 13.2. The number of rotatable bonds is 10. The fourth-order valence-corrected chi connectivity index (χ4v) is 5.36. The fourth-order valence-electron chi connectivity index (χ4n) is 5.36. The number of fused-ring (bicyclic) bond motifs is 1. The Morgan fingerprint density at radius 1 is 1.08 bits per heavy atom. The molecule has 2 aromatic rings. The standard InChI is InChI=1S/C27H37N5O5/c1-16(2)13-22(27(36)37)31-24(33)21(14-17-15-29-19-8-4-3-7-18(17)19)30-25(34)23-10-6-12-32(23)26(35)20-9-5-11-28-20/h3-4,7-8,15-16,20-23,28-29H,5-6,9-14H2,1-2H3,(H,30,34)(H,31,33)(H,36,37). The first-order chi connectivity index (χ1) is 17.7. The topological polar surface area (TPSA) is 144 Å². The van der Waals surface area contributed by atoms with Gasteiger partial charge in [-0.3, -0.25) is 14.4 Å². The molecule has 2 saturated heterocycles. The van der Waals surface area contributed by atoms with Crippen molar-refractivity contribution in [2.45, 2.75) is 76.5 Å². The number of carboxylic acid groups (broad SMARTS) is 1. The number of amides is 3. The van der Waals surface area contributed by atoms with Crippen LogP contribution in [0.25, 0.3) is 10.9 Å². The summed E-state index contributed by atoms with van der Waals surface area (Å²) in [4.78, 5) is 56.5. The second-order valence-electron chi connectivity index (χ2n) is 10.5. The predicted molar refractivity (Wildman–Crippen MR) is 139 cm³/mol. The number of nitrogens with zero attached hydrogens (tertiary/aromatic N) is 1. The van der Waals surface area contributed by atoms with Crippen molar-refractivity contribution >= 4 is 34.6 Å². The molecule has 0 saturated carbocycles. The Labute approximate surface area is 216 Å². The van der Waals surface area contributed by atoms with Crippen molar-refractivity contribution < 1.29 is 24.3 Å². The van der Waals surface area contributed by atoms with Crippen LogP contribution < -0.4 is 16.0 Å². The molecular formula is C27H37N5O5. The van der Waals surface area contributed by atoms with Gasteiger partial charge in [-0.2, -0.15) is 0 Å². The van der Waals surface area contributed by atoms with Gasteiger partial charge < -0.3 is 30.9 Å². The van der Waals surface area contributed by atoms with Crippen LogP contribution in [0, 0.1) is 5.92 Å². The second kappa shape index (κ2) is 11.8. The summed E-state index contributed by atoms with van der Waals surface area (Å²) in [5.74, 6) is -2.07. The first kappa shape index (κ1) is 26.7. The molecule has 10 heteroatoms. The van der Waals surface area contributed by atoms with E-state index in [0.29, 0.717) is 19.4 Å². The Balaban J connectivity index is 1.53. The highest BCUT2D eigenvalue weighted by Gasteiger charge is 2.39. The maximum absolute atomic E-state index is 13.4. The molecule has 4 unspecified atom stereocenters. The summed E-state index contributed by atoms with van der Waals surface area (Å²) in [6.45, 7) is 5.06.